The van der Waals surface area contributed by atoms with Gasteiger partial charge in [0, 0.05) is 17.7 Å². The standard InChI is InChI=1S/C18H29F2N/c1-3-4-5-6-7-8-9-10-11-18(21)15-12-14(2)16(19)13-17(15)20/h12-13,18H,3-11,21H2,1-2H3. The summed E-state index contributed by atoms with van der Waals surface area (Å²) in [6.07, 6.45) is 10.7. The van der Waals surface area contributed by atoms with E-state index >= 15 is 0 Å². The zero-order chi connectivity index (χ0) is 15.7. The van der Waals surface area contributed by atoms with Crippen LogP contribution in [0.25, 0.3) is 0 Å². The van der Waals surface area contributed by atoms with E-state index in [0.717, 1.165) is 25.3 Å². The number of rotatable bonds is 10. The van der Waals surface area contributed by atoms with E-state index in [1.807, 2.05) is 0 Å². The Kier molecular flexibility index (Phi) is 8.51. The van der Waals surface area contributed by atoms with E-state index in [0.29, 0.717) is 11.1 Å². The van der Waals surface area contributed by atoms with E-state index in [1.54, 1.807) is 13.0 Å². The van der Waals surface area contributed by atoms with Crippen LogP contribution in [0.3, 0.4) is 0 Å². The molecule has 1 aromatic carbocycles. The third-order valence-electron chi connectivity index (χ3n) is 4.05. The van der Waals surface area contributed by atoms with Gasteiger partial charge in [-0.3, -0.25) is 0 Å². The fourth-order valence-corrected chi connectivity index (χ4v) is 2.62. The SMILES string of the molecule is CCCCCCCCCCC(N)c1cc(C)c(F)cc1F. The van der Waals surface area contributed by atoms with Gasteiger partial charge in [0.2, 0.25) is 0 Å². The van der Waals surface area contributed by atoms with Crippen molar-refractivity contribution < 1.29 is 8.78 Å². The summed E-state index contributed by atoms with van der Waals surface area (Å²) in [5, 5.41) is 0. The Morgan fingerprint density at radius 1 is 0.905 bits per heavy atom. The molecule has 2 N–H and O–H groups in total. The average Bonchev–Trinajstić information content (AvgIpc) is 2.45. The molecule has 21 heavy (non-hydrogen) atoms. The van der Waals surface area contributed by atoms with Gasteiger partial charge in [-0.25, -0.2) is 8.78 Å². The second-order valence-corrected chi connectivity index (χ2v) is 5.99. The number of aryl methyl sites for hydroxylation is 1. The van der Waals surface area contributed by atoms with Crippen molar-refractivity contribution in [1.82, 2.24) is 0 Å². The van der Waals surface area contributed by atoms with Crippen LogP contribution in [0, 0.1) is 18.6 Å². The lowest BCUT2D eigenvalue weighted by atomic mass is 9.98. The third-order valence-corrected chi connectivity index (χ3v) is 4.05. The molecule has 120 valence electrons. The van der Waals surface area contributed by atoms with E-state index in [1.165, 1.54) is 38.5 Å². The first-order valence-electron chi connectivity index (χ1n) is 8.27. The molecule has 0 heterocycles. The fourth-order valence-electron chi connectivity index (χ4n) is 2.62. The van der Waals surface area contributed by atoms with Gasteiger partial charge in [0.15, 0.2) is 0 Å². The topological polar surface area (TPSA) is 26.0 Å². The predicted molar refractivity (Wildman–Crippen MR) is 85.3 cm³/mol. The van der Waals surface area contributed by atoms with Crippen LogP contribution in [0.5, 0.6) is 0 Å². The van der Waals surface area contributed by atoms with Gasteiger partial charge in [-0.15, -0.1) is 0 Å². The zero-order valence-electron chi connectivity index (χ0n) is 13.4. The summed E-state index contributed by atoms with van der Waals surface area (Å²) >= 11 is 0. The molecule has 0 amide bonds. The molecule has 1 unspecified atom stereocenters. The van der Waals surface area contributed by atoms with Crippen LogP contribution in [-0.2, 0) is 0 Å². The van der Waals surface area contributed by atoms with E-state index < -0.39 is 11.6 Å². The summed E-state index contributed by atoms with van der Waals surface area (Å²) in [7, 11) is 0. The molecule has 0 aliphatic rings. The van der Waals surface area contributed by atoms with Gasteiger partial charge in [-0.1, -0.05) is 58.3 Å². The number of hydrogen-bond acceptors (Lipinski definition) is 1. The summed E-state index contributed by atoms with van der Waals surface area (Å²) < 4.78 is 26.9. The van der Waals surface area contributed by atoms with Gasteiger partial charge in [0.05, 0.1) is 0 Å². The number of hydrogen-bond donors (Lipinski definition) is 1. The van der Waals surface area contributed by atoms with Gasteiger partial charge < -0.3 is 5.73 Å². The lowest BCUT2D eigenvalue weighted by Crippen LogP contribution is -2.13. The average molecular weight is 297 g/mol. The van der Waals surface area contributed by atoms with Crippen molar-refractivity contribution in [2.75, 3.05) is 0 Å². The Labute approximate surface area is 127 Å². The molecule has 0 bridgehead atoms. The highest BCUT2D eigenvalue weighted by molar-refractivity contribution is 5.27. The highest BCUT2D eigenvalue weighted by atomic mass is 19.1. The molecule has 0 spiro atoms. The summed E-state index contributed by atoms with van der Waals surface area (Å²) in [5.41, 5.74) is 6.93. The van der Waals surface area contributed by atoms with Crippen LogP contribution in [0.2, 0.25) is 0 Å². The Morgan fingerprint density at radius 3 is 2.10 bits per heavy atom. The van der Waals surface area contributed by atoms with Gasteiger partial charge in [0.25, 0.3) is 0 Å². The number of halogens is 2. The van der Waals surface area contributed by atoms with Crippen molar-refractivity contribution in [1.29, 1.82) is 0 Å². The molecule has 3 heteroatoms. The number of unbranched alkanes of at least 4 members (excludes halogenated alkanes) is 7. The summed E-state index contributed by atoms with van der Waals surface area (Å²) in [4.78, 5) is 0. The molecule has 0 radical (unpaired) electrons. The van der Waals surface area contributed by atoms with Crippen molar-refractivity contribution in [2.24, 2.45) is 5.73 Å². The normalized spacial score (nSPS) is 12.6. The molecule has 0 saturated heterocycles. The van der Waals surface area contributed by atoms with Crippen molar-refractivity contribution in [3.05, 3.63) is 34.9 Å². The van der Waals surface area contributed by atoms with Gasteiger partial charge in [-0.05, 0) is 25.0 Å². The number of benzene rings is 1. The van der Waals surface area contributed by atoms with Crippen LogP contribution in [-0.4, -0.2) is 0 Å². The maximum absolute atomic E-state index is 13.7. The molecule has 1 atom stereocenters. The van der Waals surface area contributed by atoms with Gasteiger partial charge in [-0.2, -0.15) is 0 Å². The zero-order valence-corrected chi connectivity index (χ0v) is 13.4. The molecule has 0 aliphatic carbocycles. The van der Waals surface area contributed by atoms with Crippen LogP contribution >= 0.6 is 0 Å². The highest BCUT2D eigenvalue weighted by Gasteiger charge is 2.13. The molecule has 1 rings (SSSR count). The van der Waals surface area contributed by atoms with Crippen molar-refractivity contribution in [3.8, 4) is 0 Å². The second kappa shape index (κ2) is 9.88. The Morgan fingerprint density at radius 2 is 1.48 bits per heavy atom. The fraction of sp³-hybridized carbons (Fsp3) is 0.667. The largest absolute Gasteiger partial charge is 0.324 e. The van der Waals surface area contributed by atoms with E-state index in [2.05, 4.69) is 6.92 Å². The summed E-state index contributed by atoms with van der Waals surface area (Å²) in [6, 6.07) is 2.16. The summed E-state index contributed by atoms with van der Waals surface area (Å²) in [5.74, 6) is -1.03. The Bertz CT molecular complexity index is 418. The maximum atomic E-state index is 13.7. The molecule has 0 saturated carbocycles. The van der Waals surface area contributed by atoms with Crippen molar-refractivity contribution in [2.45, 2.75) is 77.7 Å². The second-order valence-electron chi connectivity index (χ2n) is 5.99. The molecule has 0 aliphatic heterocycles. The molecule has 1 aromatic rings. The lowest BCUT2D eigenvalue weighted by molar-refractivity contribution is 0.510. The minimum absolute atomic E-state index is 0.329. The van der Waals surface area contributed by atoms with Crippen LogP contribution in [0.1, 0.15) is 81.9 Å². The molecule has 0 fully saturated rings. The molecule has 0 aromatic heterocycles. The summed E-state index contributed by atoms with van der Waals surface area (Å²) in [6.45, 7) is 3.86. The van der Waals surface area contributed by atoms with Crippen LogP contribution < -0.4 is 5.73 Å². The maximum Gasteiger partial charge on any atom is 0.130 e. The van der Waals surface area contributed by atoms with Crippen LogP contribution in [0.15, 0.2) is 12.1 Å². The quantitative estimate of drug-likeness (QED) is 0.542. The van der Waals surface area contributed by atoms with Crippen molar-refractivity contribution >= 4 is 0 Å². The van der Waals surface area contributed by atoms with E-state index in [-0.39, 0.29) is 6.04 Å². The van der Waals surface area contributed by atoms with E-state index in [9.17, 15) is 8.78 Å². The first-order chi connectivity index (χ1) is 10.1. The first kappa shape index (κ1) is 18.1. The molecule has 1 nitrogen and oxygen atoms in total. The Balaban J connectivity index is 2.25. The monoisotopic (exact) mass is 297 g/mol. The minimum atomic E-state index is -0.523. The Hall–Kier alpha value is -0.960. The minimum Gasteiger partial charge on any atom is -0.324 e. The lowest BCUT2D eigenvalue weighted by Gasteiger charge is -2.14. The molecular formula is C18H29F2N. The first-order valence-corrected chi connectivity index (χ1v) is 8.27. The predicted octanol–water partition coefficient (Wildman–Crippen LogP) is 5.80. The van der Waals surface area contributed by atoms with E-state index in [4.69, 9.17) is 5.73 Å². The van der Waals surface area contributed by atoms with Gasteiger partial charge in [0.1, 0.15) is 11.6 Å². The van der Waals surface area contributed by atoms with Gasteiger partial charge >= 0.3 is 0 Å². The number of nitrogens with two attached hydrogens (primary N) is 1. The smallest absolute Gasteiger partial charge is 0.130 e. The highest BCUT2D eigenvalue weighted by Crippen LogP contribution is 2.23. The van der Waals surface area contributed by atoms with Crippen LogP contribution in [0.4, 0.5) is 8.78 Å². The molecular weight excluding hydrogens is 268 g/mol. The third kappa shape index (κ3) is 6.56. The van der Waals surface area contributed by atoms with Crippen molar-refractivity contribution in [3.63, 3.8) is 0 Å².